The number of anilines is 2. The smallest absolute Gasteiger partial charge is 0.343 e. The molecule has 0 saturated carbocycles. The Labute approximate surface area is 237 Å². The van der Waals surface area contributed by atoms with Gasteiger partial charge in [-0.2, -0.15) is 0 Å². The highest BCUT2D eigenvalue weighted by molar-refractivity contribution is 6.24. The van der Waals surface area contributed by atoms with E-state index >= 15 is 0 Å². The van der Waals surface area contributed by atoms with Crippen molar-refractivity contribution >= 4 is 29.2 Å². The molecule has 2 saturated heterocycles. The molecule has 8 nitrogen and oxygen atoms in total. The minimum atomic E-state index is -0.987. The Hall–Kier alpha value is -4.95. The summed E-state index contributed by atoms with van der Waals surface area (Å²) in [5, 5.41) is 1.63. The molecule has 206 valence electrons. The summed E-state index contributed by atoms with van der Waals surface area (Å²) < 4.78 is 11.2. The predicted molar refractivity (Wildman–Crippen MR) is 153 cm³/mol. The van der Waals surface area contributed by atoms with Crippen LogP contribution in [0, 0.1) is 5.92 Å². The van der Waals surface area contributed by atoms with E-state index in [1.54, 1.807) is 77.9 Å². The van der Waals surface area contributed by atoms with Gasteiger partial charge >= 0.3 is 5.97 Å². The van der Waals surface area contributed by atoms with Crippen molar-refractivity contribution in [3.63, 3.8) is 0 Å². The number of hydrogen-bond acceptors (Lipinski definition) is 7. The number of amides is 2. The lowest BCUT2D eigenvalue weighted by atomic mass is 9.90. The van der Waals surface area contributed by atoms with Gasteiger partial charge in [-0.1, -0.05) is 55.5 Å². The fraction of sp³-hybridized carbons (Fsp3) is 0.182. The Kier molecular flexibility index (Phi) is 7.22. The van der Waals surface area contributed by atoms with Crippen LogP contribution in [0.3, 0.4) is 0 Å². The summed E-state index contributed by atoms with van der Waals surface area (Å²) in [7, 11) is 0. The number of rotatable bonds is 8. The number of ether oxygens (including phenoxy) is 2. The van der Waals surface area contributed by atoms with Gasteiger partial charge in [-0.3, -0.25) is 14.4 Å². The minimum Gasteiger partial charge on any atom is -0.494 e. The first-order valence-corrected chi connectivity index (χ1v) is 13.5. The predicted octanol–water partition coefficient (Wildman–Crippen LogP) is 5.75. The molecule has 2 aliphatic rings. The van der Waals surface area contributed by atoms with Crippen LogP contribution in [-0.4, -0.2) is 30.5 Å². The molecular formula is C33H28N2O6. The highest BCUT2D eigenvalue weighted by Crippen LogP contribution is 2.47. The number of benzene rings is 4. The molecule has 8 heteroatoms. The van der Waals surface area contributed by atoms with Crippen molar-refractivity contribution in [2.45, 2.75) is 25.5 Å². The number of fused-ring (bicyclic) bond motifs is 1. The molecule has 0 N–H and O–H groups in total. The van der Waals surface area contributed by atoms with Crippen molar-refractivity contribution in [2.24, 2.45) is 5.92 Å². The lowest BCUT2D eigenvalue weighted by Gasteiger charge is -2.28. The molecule has 3 atom stereocenters. The molecule has 2 amide bonds. The molecular weight excluding hydrogens is 520 g/mol. The Morgan fingerprint density at radius 3 is 2.05 bits per heavy atom. The van der Waals surface area contributed by atoms with E-state index < -0.39 is 29.9 Å². The number of para-hydroxylation sites is 1. The topological polar surface area (TPSA) is 85.4 Å². The van der Waals surface area contributed by atoms with Crippen molar-refractivity contribution in [1.82, 2.24) is 0 Å². The number of carbonyl (C=O) groups is 3. The van der Waals surface area contributed by atoms with Gasteiger partial charge in [0.05, 0.1) is 29.6 Å². The van der Waals surface area contributed by atoms with Crippen molar-refractivity contribution in [3.8, 4) is 11.5 Å². The van der Waals surface area contributed by atoms with E-state index in [4.69, 9.17) is 14.3 Å². The molecule has 0 radical (unpaired) electrons. The van der Waals surface area contributed by atoms with Crippen LogP contribution < -0.4 is 19.4 Å². The van der Waals surface area contributed by atoms with E-state index in [0.29, 0.717) is 29.4 Å². The molecule has 0 aromatic heterocycles. The normalized spacial score (nSPS) is 19.8. The molecule has 0 aliphatic carbocycles. The summed E-state index contributed by atoms with van der Waals surface area (Å²) in [4.78, 5) is 47.4. The van der Waals surface area contributed by atoms with Crippen LogP contribution >= 0.6 is 0 Å². The number of imide groups is 1. The van der Waals surface area contributed by atoms with Gasteiger partial charge in [0.25, 0.3) is 5.91 Å². The summed E-state index contributed by atoms with van der Waals surface area (Å²) in [5.41, 5.74) is 2.37. The third-order valence-corrected chi connectivity index (χ3v) is 7.14. The van der Waals surface area contributed by atoms with Crippen molar-refractivity contribution in [1.29, 1.82) is 0 Å². The summed E-state index contributed by atoms with van der Waals surface area (Å²) in [5.74, 6) is -0.968. The lowest BCUT2D eigenvalue weighted by molar-refractivity contribution is -0.126. The SMILES string of the molecule is CCCOc1ccc(N2C(=O)[C@@H]3[C@@H](c4ccc(OC(=O)c5ccccc5)cc4)N(c4ccccc4)O[C@H]3C2=O)cc1. The van der Waals surface area contributed by atoms with Crippen LogP contribution in [0.25, 0.3) is 0 Å². The maximum Gasteiger partial charge on any atom is 0.343 e. The van der Waals surface area contributed by atoms with Crippen LogP contribution in [0.5, 0.6) is 11.5 Å². The van der Waals surface area contributed by atoms with Crippen molar-refractivity contribution < 1.29 is 28.7 Å². The molecule has 4 aromatic carbocycles. The molecule has 4 aromatic rings. The summed E-state index contributed by atoms with van der Waals surface area (Å²) in [6, 6.07) is 31.4. The second-order valence-electron chi connectivity index (χ2n) is 9.84. The maximum atomic E-state index is 13.9. The van der Waals surface area contributed by atoms with E-state index in [9.17, 15) is 14.4 Å². The first-order valence-electron chi connectivity index (χ1n) is 13.5. The molecule has 2 heterocycles. The highest BCUT2D eigenvalue weighted by Gasteiger charge is 2.60. The zero-order chi connectivity index (χ0) is 28.3. The number of hydrogen-bond donors (Lipinski definition) is 0. The second-order valence-corrected chi connectivity index (χ2v) is 9.84. The van der Waals surface area contributed by atoms with Gasteiger partial charge in [0.15, 0.2) is 6.10 Å². The zero-order valence-corrected chi connectivity index (χ0v) is 22.4. The van der Waals surface area contributed by atoms with E-state index in [-0.39, 0.29) is 5.91 Å². The number of hydroxylamine groups is 1. The maximum absolute atomic E-state index is 13.9. The fourth-order valence-electron chi connectivity index (χ4n) is 5.19. The van der Waals surface area contributed by atoms with Crippen molar-refractivity contribution in [3.05, 3.63) is 120 Å². The minimum absolute atomic E-state index is 0.342. The van der Waals surface area contributed by atoms with Gasteiger partial charge in [-0.25, -0.2) is 14.8 Å². The fourth-order valence-corrected chi connectivity index (χ4v) is 5.19. The third kappa shape index (κ3) is 5.05. The summed E-state index contributed by atoms with van der Waals surface area (Å²) in [6.07, 6.45) is -0.110. The van der Waals surface area contributed by atoms with Crippen LogP contribution in [-0.2, 0) is 14.4 Å². The third-order valence-electron chi connectivity index (χ3n) is 7.14. The highest BCUT2D eigenvalue weighted by atomic mass is 16.7. The van der Waals surface area contributed by atoms with Gasteiger partial charge in [-0.05, 0) is 72.6 Å². The summed E-state index contributed by atoms with van der Waals surface area (Å²) in [6.45, 7) is 2.61. The van der Waals surface area contributed by atoms with Crippen molar-refractivity contribution in [2.75, 3.05) is 16.6 Å². The Morgan fingerprint density at radius 2 is 1.39 bits per heavy atom. The lowest BCUT2D eigenvalue weighted by Crippen LogP contribution is -2.37. The molecule has 41 heavy (non-hydrogen) atoms. The molecule has 0 unspecified atom stereocenters. The van der Waals surface area contributed by atoms with Crippen LogP contribution in [0.15, 0.2) is 109 Å². The van der Waals surface area contributed by atoms with Gasteiger partial charge in [0, 0.05) is 0 Å². The van der Waals surface area contributed by atoms with Crippen LogP contribution in [0.2, 0.25) is 0 Å². The zero-order valence-electron chi connectivity index (χ0n) is 22.4. The molecule has 0 spiro atoms. The molecule has 2 aliphatic heterocycles. The average molecular weight is 549 g/mol. The van der Waals surface area contributed by atoms with E-state index in [2.05, 4.69) is 0 Å². The molecule has 6 rings (SSSR count). The standard InChI is InChI=1S/C33H28N2O6/c1-2-21-39-26-19-15-24(16-20-26)34-31(36)28-29(35(41-30(28)32(34)37)25-11-7-4-8-12-25)22-13-17-27(18-14-22)40-33(38)23-9-5-3-6-10-23/h3-20,28-30H,2,21H2,1H3/t28-,29-,30-/m1/s1. The average Bonchev–Trinajstić information content (AvgIpc) is 3.53. The first kappa shape index (κ1) is 26.3. The number of esters is 1. The van der Waals surface area contributed by atoms with E-state index in [0.717, 1.165) is 17.7 Å². The summed E-state index contributed by atoms with van der Waals surface area (Å²) >= 11 is 0. The van der Waals surface area contributed by atoms with E-state index in [1.165, 1.54) is 4.90 Å². The molecule has 0 bridgehead atoms. The van der Waals surface area contributed by atoms with Crippen LogP contribution in [0.4, 0.5) is 11.4 Å². The monoisotopic (exact) mass is 548 g/mol. The molecule has 2 fully saturated rings. The van der Waals surface area contributed by atoms with Gasteiger partial charge < -0.3 is 9.47 Å². The van der Waals surface area contributed by atoms with Gasteiger partial charge in [0.1, 0.15) is 17.4 Å². The Balaban J connectivity index is 1.29. The Morgan fingerprint density at radius 1 is 0.756 bits per heavy atom. The largest absolute Gasteiger partial charge is 0.494 e. The number of carbonyl (C=O) groups excluding carboxylic acids is 3. The quantitative estimate of drug-likeness (QED) is 0.158. The van der Waals surface area contributed by atoms with Gasteiger partial charge in [-0.15, -0.1) is 0 Å². The second kappa shape index (κ2) is 11.3. The van der Waals surface area contributed by atoms with Gasteiger partial charge in [0.2, 0.25) is 5.91 Å². The van der Waals surface area contributed by atoms with Crippen LogP contribution in [0.1, 0.15) is 35.3 Å². The van der Waals surface area contributed by atoms with E-state index in [1.807, 2.05) is 43.3 Å². The Bertz CT molecular complexity index is 1540. The first-order chi connectivity index (χ1) is 20.0. The number of nitrogens with zero attached hydrogens (tertiary/aromatic N) is 2.